The van der Waals surface area contributed by atoms with E-state index in [0.29, 0.717) is 62.9 Å². The first-order valence-electron chi connectivity index (χ1n) is 12.4. The van der Waals surface area contributed by atoms with Crippen LogP contribution in [-0.4, -0.2) is 89.4 Å². The highest BCUT2D eigenvalue weighted by atomic mass is 16.2. The van der Waals surface area contributed by atoms with Gasteiger partial charge >= 0.3 is 12.1 Å². The summed E-state index contributed by atoms with van der Waals surface area (Å²) < 4.78 is 0. The minimum absolute atomic E-state index is 0.0720. The van der Waals surface area contributed by atoms with Crippen LogP contribution in [0.5, 0.6) is 0 Å². The van der Waals surface area contributed by atoms with Gasteiger partial charge in [0.05, 0.1) is 0 Å². The molecule has 0 saturated carbocycles. The minimum atomic E-state index is -0.0720. The first-order valence-corrected chi connectivity index (χ1v) is 12.4. The summed E-state index contributed by atoms with van der Waals surface area (Å²) in [4.78, 5) is 46.0. The van der Waals surface area contributed by atoms with Crippen LogP contribution in [0, 0.1) is 18.8 Å². The fraction of sp³-hybridized carbons (Fsp3) is 0.640. The second-order valence-electron chi connectivity index (χ2n) is 10.2. The van der Waals surface area contributed by atoms with E-state index in [1.165, 1.54) is 5.56 Å². The average molecular weight is 454 g/mol. The molecule has 33 heavy (non-hydrogen) atoms. The van der Waals surface area contributed by atoms with Gasteiger partial charge in [0.25, 0.3) is 0 Å². The third-order valence-electron chi connectivity index (χ3n) is 7.85. The minimum Gasteiger partial charge on any atom is -0.339 e. The Hall–Kier alpha value is -2.77. The van der Waals surface area contributed by atoms with Gasteiger partial charge in [0.2, 0.25) is 5.91 Å². The number of hydrogen-bond donors (Lipinski definition) is 1. The predicted octanol–water partition coefficient (Wildman–Crippen LogP) is 2.28. The molecule has 178 valence electrons. The molecule has 1 N–H and O–H groups in total. The fourth-order valence-electron chi connectivity index (χ4n) is 6.06. The quantitative estimate of drug-likeness (QED) is 0.747. The number of piperazine rings is 1. The summed E-state index contributed by atoms with van der Waals surface area (Å²) in [6.07, 6.45) is 3.86. The first-order chi connectivity index (χ1) is 16.0. The Bertz CT molecular complexity index is 896. The van der Waals surface area contributed by atoms with Crippen LogP contribution in [0.1, 0.15) is 36.8 Å². The van der Waals surface area contributed by atoms with Crippen LogP contribution in [0.25, 0.3) is 0 Å². The summed E-state index contributed by atoms with van der Waals surface area (Å²) in [5, 5.41) is 2.99. The van der Waals surface area contributed by atoms with Crippen molar-refractivity contribution in [2.24, 2.45) is 11.8 Å². The SMILES string of the molecule is Cc1ccc(CNC(=O)N2CCN(C(=O)N3CC4CC(C3)[C@H]3CCCC(=O)N3C4)CC2)cc1. The third kappa shape index (κ3) is 4.66. The standard InChI is InChI=1S/C25H35N5O3/c1-18-5-7-19(8-6-18)14-26-24(32)27-9-11-28(12-10-27)25(33)29-15-20-13-21(17-29)22-3-2-4-23(31)30(22)16-20/h5-8,20-22H,2-4,9-17H2,1H3,(H,26,32)/t20?,21?,22-/m1/s1. The molecule has 8 nitrogen and oxygen atoms in total. The van der Waals surface area contributed by atoms with E-state index in [1.54, 1.807) is 4.90 Å². The van der Waals surface area contributed by atoms with Gasteiger partial charge in [-0.15, -0.1) is 0 Å². The highest BCUT2D eigenvalue weighted by molar-refractivity contribution is 5.78. The lowest BCUT2D eigenvalue weighted by molar-refractivity contribution is -0.144. The number of amides is 5. The number of aryl methyl sites for hydroxylation is 1. The number of fused-ring (bicyclic) bond motifs is 4. The molecule has 4 saturated heterocycles. The van der Waals surface area contributed by atoms with Gasteiger partial charge in [0.15, 0.2) is 0 Å². The monoisotopic (exact) mass is 453 g/mol. The summed E-state index contributed by atoms with van der Waals surface area (Å²) in [5.41, 5.74) is 2.28. The molecule has 4 aliphatic heterocycles. The molecule has 5 rings (SSSR count). The number of carbonyl (C=O) groups excluding carboxylic acids is 3. The van der Waals surface area contributed by atoms with Gasteiger partial charge in [-0.2, -0.15) is 0 Å². The Labute approximate surface area is 195 Å². The molecule has 8 heteroatoms. The third-order valence-corrected chi connectivity index (χ3v) is 7.85. The molecule has 0 spiro atoms. The Morgan fingerprint density at radius 1 is 0.970 bits per heavy atom. The van der Waals surface area contributed by atoms with Gasteiger partial charge in [0, 0.05) is 64.8 Å². The highest BCUT2D eigenvalue weighted by Crippen LogP contribution is 2.38. The van der Waals surface area contributed by atoms with Gasteiger partial charge in [-0.05, 0) is 43.6 Å². The molecule has 0 radical (unpaired) electrons. The molecule has 0 aliphatic carbocycles. The van der Waals surface area contributed by atoms with Gasteiger partial charge < -0.3 is 24.9 Å². The van der Waals surface area contributed by atoms with E-state index in [1.807, 2.05) is 41.0 Å². The van der Waals surface area contributed by atoms with Crippen molar-refractivity contribution in [1.82, 2.24) is 24.9 Å². The van der Waals surface area contributed by atoms with Crippen molar-refractivity contribution in [3.05, 3.63) is 35.4 Å². The smallest absolute Gasteiger partial charge is 0.320 e. The maximum absolute atomic E-state index is 13.3. The lowest BCUT2D eigenvalue weighted by Gasteiger charge is -2.53. The molecular formula is C25H35N5O3. The van der Waals surface area contributed by atoms with E-state index in [0.717, 1.165) is 44.5 Å². The normalized spacial score (nSPS) is 27.3. The summed E-state index contributed by atoms with van der Waals surface area (Å²) in [7, 11) is 0. The number of hydrogen-bond acceptors (Lipinski definition) is 3. The van der Waals surface area contributed by atoms with Gasteiger partial charge in [-0.25, -0.2) is 9.59 Å². The molecule has 5 amide bonds. The second kappa shape index (κ2) is 9.23. The second-order valence-corrected chi connectivity index (χ2v) is 10.2. The topological polar surface area (TPSA) is 76.2 Å². The molecule has 0 aromatic heterocycles. The van der Waals surface area contributed by atoms with Crippen molar-refractivity contribution >= 4 is 18.0 Å². The summed E-state index contributed by atoms with van der Waals surface area (Å²) in [5.74, 6) is 1.09. The molecule has 4 fully saturated rings. The maximum Gasteiger partial charge on any atom is 0.320 e. The molecule has 4 aliphatic rings. The Morgan fingerprint density at radius 3 is 2.45 bits per heavy atom. The molecule has 3 atom stereocenters. The zero-order chi connectivity index (χ0) is 22.9. The van der Waals surface area contributed by atoms with E-state index in [4.69, 9.17) is 0 Å². The summed E-state index contributed by atoms with van der Waals surface area (Å²) >= 11 is 0. The molecule has 1 aromatic rings. The lowest BCUT2D eigenvalue weighted by atomic mass is 9.76. The van der Waals surface area contributed by atoms with E-state index in [-0.39, 0.29) is 12.1 Å². The van der Waals surface area contributed by atoms with Crippen LogP contribution in [0.3, 0.4) is 0 Å². The van der Waals surface area contributed by atoms with Crippen molar-refractivity contribution in [2.75, 3.05) is 45.8 Å². The van der Waals surface area contributed by atoms with Crippen molar-refractivity contribution in [2.45, 2.75) is 45.2 Å². The van der Waals surface area contributed by atoms with E-state index in [2.05, 4.69) is 10.2 Å². The number of likely N-dealkylation sites (tertiary alicyclic amines) is 1. The number of nitrogens with one attached hydrogen (secondary N) is 1. The van der Waals surface area contributed by atoms with Gasteiger partial charge in [0.1, 0.15) is 0 Å². The lowest BCUT2D eigenvalue weighted by Crippen LogP contribution is -2.63. The number of carbonyl (C=O) groups is 3. The molecular weight excluding hydrogens is 418 g/mol. The molecule has 1 aromatic carbocycles. The van der Waals surface area contributed by atoms with Crippen molar-refractivity contribution in [1.29, 1.82) is 0 Å². The zero-order valence-electron chi connectivity index (χ0n) is 19.5. The van der Waals surface area contributed by atoms with Crippen LogP contribution in [-0.2, 0) is 11.3 Å². The van der Waals surface area contributed by atoms with Gasteiger partial charge in [-0.1, -0.05) is 29.8 Å². The number of urea groups is 2. The van der Waals surface area contributed by atoms with Crippen LogP contribution < -0.4 is 5.32 Å². The zero-order valence-corrected chi connectivity index (χ0v) is 19.5. The van der Waals surface area contributed by atoms with Crippen molar-refractivity contribution in [3.63, 3.8) is 0 Å². The number of piperidine rings is 3. The number of rotatable bonds is 2. The van der Waals surface area contributed by atoms with E-state index >= 15 is 0 Å². The fourth-order valence-corrected chi connectivity index (χ4v) is 6.06. The number of benzene rings is 1. The molecule has 2 bridgehead atoms. The van der Waals surface area contributed by atoms with Crippen LogP contribution in [0.15, 0.2) is 24.3 Å². The summed E-state index contributed by atoms with van der Waals surface area (Å²) in [6, 6.07) is 8.49. The Balaban J connectivity index is 1.11. The van der Waals surface area contributed by atoms with E-state index in [9.17, 15) is 14.4 Å². The Kier molecular flexibility index (Phi) is 6.17. The predicted molar refractivity (Wildman–Crippen MR) is 124 cm³/mol. The van der Waals surface area contributed by atoms with Crippen molar-refractivity contribution in [3.8, 4) is 0 Å². The van der Waals surface area contributed by atoms with Gasteiger partial charge in [-0.3, -0.25) is 4.79 Å². The largest absolute Gasteiger partial charge is 0.339 e. The highest BCUT2D eigenvalue weighted by Gasteiger charge is 2.45. The molecule has 4 heterocycles. The van der Waals surface area contributed by atoms with Crippen LogP contribution in [0.4, 0.5) is 9.59 Å². The van der Waals surface area contributed by atoms with Crippen LogP contribution >= 0.6 is 0 Å². The first kappa shape index (κ1) is 22.0. The van der Waals surface area contributed by atoms with E-state index < -0.39 is 0 Å². The average Bonchev–Trinajstić information content (AvgIpc) is 2.84. The van der Waals surface area contributed by atoms with Crippen molar-refractivity contribution < 1.29 is 14.4 Å². The Morgan fingerprint density at radius 2 is 1.70 bits per heavy atom. The maximum atomic E-state index is 13.3. The summed E-state index contributed by atoms with van der Waals surface area (Å²) in [6.45, 7) is 7.09. The number of nitrogens with zero attached hydrogens (tertiary/aromatic N) is 4. The van der Waals surface area contributed by atoms with Crippen LogP contribution in [0.2, 0.25) is 0 Å². The molecule has 2 unspecified atom stereocenters.